The van der Waals surface area contributed by atoms with Crippen molar-refractivity contribution in [3.05, 3.63) is 0 Å². The monoisotopic (exact) mass is 273 g/mol. The molecule has 0 fully saturated rings. The van der Waals surface area contributed by atoms with E-state index in [1.807, 2.05) is 0 Å². The van der Waals surface area contributed by atoms with Crippen LogP contribution in [0.2, 0.25) is 0 Å². The molecule has 92 valence electrons. The highest BCUT2D eigenvalue weighted by molar-refractivity contribution is 7.95. The van der Waals surface area contributed by atoms with Gasteiger partial charge in [-0.3, -0.25) is 0 Å². The number of sulfone groups is 1. The summed E-state index contributed by atoms with van der Waals surface area (Å²) in [5, 5.41) is -11.4. The molecule has 0 aromatic heterocycles. The summed E-state index contributed by atoms with van der Waals surface area (Å²) in [6.07, 6.45) is -0.188. The quantitative estimate of drug-likeness (QED) is 0.717. The Morgan fingerprint density at radius 3 is 1.47 bits per heavy atom. The van der Waals surface area contributed by atoms with E-state index in [1.54, 1.807) is 0 Å². The van der Waals surface area contributed by atoms with Gasteiger partial charge in [0.1, 0.15) is 0 Å². The van der Waals surface area contributed by atoms with Crippen molar-refractivity contribution in [1.82, 2.24) is 4.72 Å². The Hall–Kier alpha value is -0.420. The first-order chi connectivity index (χ1) is 6.31. The van der Waals surface area contributed by atoms with Crippen molar-refractivity contribution in [2.75, 3.05) is 13.3 Å². The highest BCUT2D eigenvalue weighted by Gasteiger charge is 2.71. The molecule has 0 aromatic carbocycles. The van der Waals surface area contributed by atoms with Crippen LogP contribution < -0.4 is 4.72 Å². The Labute approximate surface area is 83.4 Å². The maximum atomic E-state index is 12.7. The van der Waals surface area contributed by atoms with Gasteiger partial charge in [0, 0.05) is 6.26 Å². The van der Waals surface area contributed by atoms with Crippen LogP contribution in [0.4, 0.5) is 17.6 Å². The van der Waals surface area contributed by atoms with Gasteiger partial charge in [-0.1, -0.05) is 0 Å². The van der Waals surface area contributed by atoms with Gasteiger partial charge in [-0.05, 0) is 7.05 Å². The van der Waals surface area contributed by atoms with Gasteiger partial charge in [0.2, 0.25) is 9.84 Å². The molecule has 0 saturated heterocycles. The molecule has 0 unspecified atom stereocenters. The third-order valence-corrected chi connectivity index (χ3v) is 4.20. The smallest absolute Gasteiger partial charge is 0.223 e. The van der Waals surface area contributed by atoms with Crippen LogP contribution in [0.15, 0.2) is 0 Å². The zero-order chi connectivity index (χ0) is 12.7. The van der Waals surface area contributed by atoms with Gasteiger partial charge in [-0.25, -0.2) is 21.6 Å². The Balaban J connectivity index is 5.82. The SMILES string of the molecule is CNS(=O)(=O)C(F)(F)C(F)(F)S(C)(=O)=O. The minimum absolute atomic E-state index is 0.188. The average Bonchev–Trinajstić information content (AvgIpc) is 2.01. The standard InChI is InChI=1S/C4H7F4NO4S2/c1-9-15(12,13)4(7,8)3(5,6)14(2,10)11/h9H,1-2H3. The second kappa shape index (κ2) is 3.56. The number of hydrogen-bond acceptors (Lipinski definition) is 4. The molecule has 0 aliphatic carbocycles. The first-order valence-electron chi connectivity index (χ1n) is 3.19. The predicted octanol–water partition coefficient (Wildman–Crippen LogP) is -0.234. The van der Waals surface area contributed by atoms with Crippen LogP contribution in [0.3, 0.4) is 0 Å². The maximum absolute atomic E-state index is 12.7. The molecule has 0 heterocycles. The molecule has 15 heavy (non-hydrogen) atoms. The highest BCUT2D eigenvalue weighted by atomic mass is 32.2. The van der Waals surface area contributed by atoms with Crippen LogP contribution in [0.25, 0.3) is 0 Å². The van der Waals surface area contributed by atoms with Gasteiger partial charge in [-0.15, -0.1) is 0 Å². The number of halogens is 4. The van der Waals surface area contributed by atoms with E-state index in [2.05, 4.69) is 0 Å². The molecule has 0 bridgehead atoms. The van der Waals surface area contributed by atoms with E-state index in [-0.39, 0.29) is 6.26 Å². The van der Waals surface area contributed by atoms with E-state index in [0.717, 1.165) is 4.72 Å². The molecule has 0 aromatic rings. The number of nitrogens with one attached hydrogen (secondary N) is 1. The van der Waals surface area contributed by atoms with Gasteiger partial charge >= 0.3 is 10.5 Å². The molecule has 0 radical (unpaired) electrons. The number of alkyl halides is 4. The van der Waals surface area contributed by atoms with Crippen molar-refractivity contribution in [2.24, 2.45) is 0 Å². The zero-order valence-electron chi connectivity index (χ0n) is 7.46. The summed E-state index contributed by atoms with van der Waals surface area (Å²) >= 11 is 0. The van der Waals surface area contributed by atoms with Crippen LogP contribution in [0.1, 0.15) is 0 Å². The maximum Gasteiger partial charge on any atom is 0.435 e. The summed E-state index contributed by atoms with van der Waals surface area (Å²) in [6, 6.07) is 0. The largest absolute Gasteiger partial charge is 0.435 e. The first kappa shape index (κ1) is 14.6. The molecule has 1 N–H and O–H groups in total. The second-order valence-electron chi connectivity index (χ2n) is 2.51. The minimum atomic E-state index is -5.75. The summed E-state index contributed by atoms with van der Waals surface area (Å²) in [5.74, 6) is 0. The van der Waals surface area contributed by atoms with E-state index in [4.69, 9.17) is 0 Å². The Morgan fingerprint density at radius 1 is 0.933 bits per heavy atom. The van der Waals surface area contributed by atoms with Crippen molar-refractivity contribution < 1.29 is 34.4 Å². The predicted molar refractivity (Wildman–Crippen MR) is 42.7 cm³/mol. The highest BCUT2D eigenvalue weighted by Crippen LogP contribution is 2.41. The lowest BCUT2D eigenvalue weighted by molar-refractivity contribution is -0.0968. The normalized spacial score (nSPS) is 15.3. The molecule has 0 amide bonds. The Morgan fingerprint density at radius 2 is 1.27 bits per heavy atom. The second-order valence-corrected chi connectivity index (χ2v) is 6.50. The van der Waals surface area contributed by atoms with Gasteiger partial charge in [-0.2, -0.15) is 17.6 Å². The molecule has 5 nitrogen and oxygen atoms in total. The van der Waals surface area contributed by atoms with Crippen molar-refractivity contribution in [1.29, 1.82) is 0 Å². The van der Waals surface area contributed by atoms with Gasteiger partial charge < -0.3 is 0 Å². The molecule has 0 rings (SSSR count). The topological polar surface area (TPSA) is 80.3 Å². The number of rotatable bonds is 4. The van der Waals surface area contributed by atoms with Crippen LogP contribution in [-0.4, -0.2) is 40.6 Å². The molecular formula is C4H7F4NO4S2. The fraction of sp³-hybridized carbons (Fsp3) is 1.00. The van der Waals surface area contributed by atoms with Crippen molar-refractivity contribution in [3.8, 4) is 0 Å². The third-order valence-electron chi connectivity index (χ3n) is 1.41. The third kappa shape index (κ3) is 2.08. The van der Waals surface area contributed by atoms with E-state index in [9.17, 15) is 34.4 Å². The summed E-state index contributed by atoms with van der Waals surface area (Å²) in [7, 11) is -10.8. The molecule has 0 aliphatic rings. The number of hydrogen-bond donors (Lipinski definition) is 1. The van der Waals surface area contributed by atoms with Crippen molar-refractivity contribution in [3.63, 3.8) is 0 Å². The molecule has 0 atom stereocenters. The fourth-order valence-electron chi connectivity index (χ4n) is 0.500. The molecular weight excluding hydrogens is 266 g/mol. The van der Waals surface area contributed by atoms with Crippen LogP contribution >= 0.6 is 0 Å². The first-order valence-corrected chi connectivity index (χ1v) is 6.57. The van der Waals surface area contributed by atoms with Gasteiger partial charge in [0.15, 0.2) is 0 Å². The Kier molecular flexibility index (Phi) is 3.46. The molecule has 0 saturated carbocycles. The fourth-order valence-corrected chi connectivity index (χ4v) is 2.28. The summed E-state index contributed by atoms with van der Waals surface area (Å²) in [4.78, 5) is 0. The van der Waals surface area contributed by atoms with Gasteiger partial charge in [0.05, 0.1) is 0 Å². The van der Waals surface area contributed by atoms with Crippen LogP contribution in [0.5, 0.6) is 0 Å². The summed E-state index contributed by atoms with van der Waals surface area (Å²) in [6.45, 7) is 0. The summed E-state index contributed by atoms with van der Waals surface area (Å²) < 4.78 is 93.3. The number of sulfonamides is 1. The molecule has 11 heteroatoms. The van der Waals surface area contributed by atoms with E-state index in [1.165, 1.54) is 0 Å². The zero-order valence-corrected chi connectivity index (χ0v) is 9.09. The van der Waals surface area contributed by atoms with Crippen molar-refractivity contribution >= 4 is 19.9 Å². The molecule has 0 aliphatic heterocycles. The van der Waals surface area contributed by atoms with Crippen LogP contribution in [0, 0.1) is 0 Å². The average molecular weight is 273 g/mol. The van der Waals surface area contributed by atoms with E-state index in [0.29, 0.717) is 7.05 Å². The van der Waals surface area contributed by atoms with E-state index >= 15 is 0 Å². The lowest BCUT2D eigenvalue weighted by Gasteiger charge is -2.23. The van der Waals surface area contributed by atoms with Crippen molar-refractivity contribution in [2.45, 2.75) is 10.5 Å². The van der Waals surface area contributed by atoms with E-state index < -0.39 is 30.4 Å². The molecule has 0 spiro atoms. The summed E-state index contributed by atoms with van der Waals surface area (Å²) in [5.41, 5.74) is 0. The lowest BCUT2D eigenvalue weighted by Crippen LogP contribution is -2.54. The van der Waals surface area contributed by atoms with Gasteiger partial charge in [0.25, 0.3) is 10.0 Å². The Bertz CT molecular complexity index is 439. The minimum Gasteiger partial charge on any atom is -0.223 e. The lowest BCUT2D eigenvalue weighted by atomic mass is 10.7. The van der Waals surface area contributed by atoms with Crippen LogP contribution in [-0.2, 0) is 19.9 Å².